The van der Waals surface area contributed by atoms with Gasteiger partial charge in [0.1, 0.15) is 6.61 Å². The van der Waals surface area contributed by atoms with Crippen molar-refractivity contribution in [2.75, 3.05) is 26.0 Å². The van der Waals surface area contributed by atoms with Gasteiger partial charge in [-0.1, -0.05) is 12.1 Å². The third-order valence-corrected chi connectivity index (χ3v) is 5.77. The van der Waals surface area contributed by atoms with E-state index in [-0.39, 0.29) is 12.4 Å². The molecule has 0 radical (unpaired) electrons. The van der Waals surface area contributed by atoms with E-state index in [0.29, 0.717) is 23.8 Å². The number of benzene rings is 1. The van der Waals surface area contributed by atoms with Crippen LogP contribution in [0.3, 0.4) is 0 Å². The number of rotatable bonds is 5. The lowest BCUT2D eigenvalue weighted by Gasteiger charge is -2.29. The molecule has 5 nitrogen and oxygen atoms in total. The Bertz CT molecular complexity index is 539. The van der Waals surface area contributed by atoms with Gasteiger partial charge in [-0.05, 0) is 30.8 Å². The fraction of sp³-hybridized carbons (Fsp3) is 0.462. The van der Waals surface area contributed by atoms with Gasteiger partial charge in [0, 0.05) is 12.3 Å². The molecule has 0 aliphatic carbocycles. The number of ketones is 1. The molecule has 0 bridgehead atoms. The first-order chi connectivity index (χ1) is 9.52. The van der Waals surface area contributed by atoms with Crippen LogP contribution in [-0.4, -0.2) is 45.3 Å². The smallest absolute Gasteiger partial charge is 0.203 e. The van der Waals surface area contributed by atoms with Crippen LogP contribution in [0, 0.1) is 0 Å². The summed E-state index contributed by atoms with van der Waals surface area (Å²) in [5.74, 6) is 1.14. The molecule has 2 unspecified atom stereocenters. The van der Waals surface area contributed by atoms with E-state index in [1.807, 2.05) is 6.07 Å². The molecule has 1 aromatic carbocycles. The SMILES string of the molecule is COc1ccccc1OCC1(C(C)=O)N(Cl)CCS1=O. The van der Waals surface area contributed by atoms with Crippen molar-refractivity contribution in [2.45, 2.75) is 11.8 Å². The summed E-state index contributed by atoms with van der Waals surface area (Å²) in [5.41, 5.74) is 0. The van der Waals surface area contributed by atoms with Crippen LogP contribution < -0.4 is 9.47 Å². The number of carbonyl (C=O) groups excluding carboxylic acids is 1. The Morgan fingerprint density at radius 1 is 1.45 bits per heavy atom. The maximum atomic E-state index is 12.2. The minimum atomic E-state index is -1.38. The Hall–Kier alpha value is -1.11. The number of halogens is 1. The van der Waals surface area contributed by atoms with Gasteiger partial charge < -0.3 is 9.47 Å². The zero-order chi connectivity index (χ0) is 14.8. The molecule has 0 amide bonds. The summed E-state index contributed by atoms with van der Waals surface area (Å²) >= 11 is 6.07. The van der Waals surface area contributed by atoms with Crippen molar-refractivity contribution >= 4 is 28.4 Å². The van der Waals surface area contributed by atoms with Crippen LogP contribution in [-0.2, 0) is 15.6 Å². The first-order valence-electron chi connectivity index (χ1n) is 6.11. The highest BCUT2D eigenvalue weighted by Gasteiger charge is 2.52. The van der Waals surface area contributed by atoms with Crippen LogP contribution in [0.1, 0.15) is 6.92 Å². The van der Waals surface area contributed by atoms with E-state index in [2.05, 4.69) is 0 Å². The normalized spacial score (nSPS) is 26.4. The van der Waals surface area contributed by atoms with E-state index in [4.69, 9.17) is 21.3 Å². The highest BCUT2D eigenvalue weighted by Crippen LogP contribution is 2.33. The number of Topliss-reactive ketones (excluding diaryl/α,β-unsaturated/α-hetero) is 1. The summed E-state index contributed by atoms with van der Waals surface area (Å²) in [6.07, 6.45) is 0. The average molecular weight is 318 g/mol. The number of para-hydroxylation sites is 2. The number of hydrogen-bond acceptors (Lipinski definition) is 5. The topological polar surface area (TPSA) is 55.8 Å². The fourth-order valence-electron chi connectivity index (χ4n) is 2.11. The molecule has 1 saturated heterocycles. The summed E-state index contributed by atoms with van der Waals surface area (Å²) < 4.78 is 24.3. The molecule has 0 saturated carbocycles. The molecule has 1 aliphatic rings. The number of nitrogens with zero attached hydrogens (tertiary/aromatic N) is 1. The molecule has 0 spiro atoms. The van der Waals surface area contributed by atoms with E-state index in [1.54, 1.807) is 18.2 Å². The fourth-order valence-corrected chi connectivity index (χ4v) is 4.20. The van der Waals surface area contributed by atoms with Gasteiger partial charge in [0.05, 0.1) is 17.9 Å². The lowest BCUT2D eigenvalue weighted by Crippen LogP contribution is -2.52. The van der Waals surface area contributed by atoms with Gasteiger partial charge in [0.15, 0.2) is 17.3 Å². The Morgan fingerprint density at radius 2 is 2.10 bits per heavy atom. The van der Waals surface area contributed by atoms with E-state index in [0.717, 1.165) is 0 Å². The molecule has 0 aromatic heterocycles. The van der Waals surface area contributed by atoms with Crippen molar-refractivity contribution in [1.82, 2.24) is 4.42 Å². The molecule has 1 heterocycles. The van der Waals surface area contributed by atoms with E-state index < -0.39 is 15.7 Å². The standard InChI is InChI=1S/C13H16ClNO4S/c1-10(16)13(15(14)7-8-20(13)17)9-19-12-6-4-3-5-11(12)18-2/h3-6H,7-9H2,1-2H3. The van der Waals surface area contributed by atoms with Crippen LogP contribution in [0.25, 0.3) is 0 Å². The van der Waals surface area contributed by atoms with Gasteiger partial charge in [-0.3, -0.25) is 9.00 Å². The number of hydrogen-bond donors (Lipinski definition) is 0. The Morgan fingerprint density at radius 3 is 2.60 bits per heavy atom. The molecule has 2 rings (SSSR count). The van der Waals surface area contributed by atoms with Crippen LogP contribution in [0.2, 0.25) is 0 Å². The highest BCUT2D eigenvalue weighted by atomic mass is 35.5. The first-order valence-corrected chi connectivity index (χ1v) is 7.77. The molecule has 0 N–H and O–H groups in total. The van der Waals surface area contributed by atoms with Crippen molar-refractivity contribution in [3.63, 3.8) is 0 Å². The van der Waals surface area contributed by atoms with Crippen molar-refractivity contribution in [3.05, 3.63) is 24.3 Å². The van der Waals surface area contributed by atoms with E-state index >= 15 is 0 Å². The van der Waals surface area contributed by atoms with Crippen molar-refractivity contribution in [1.29, 1.82) is 0 Å². The Labute approximate surface area is 125 Å². The molecule has 7 heteroatoms. The van der Waals surface area contributed by atoms with Crippen LogP contribution in [0.15, 0.2) is 24.3 Å². The summed E-state index contributed by atoms with van der Waals surface area (Å²) in [4.78, 5) is 10.6. The Kier molecular flexibility index (Phi) is 4.67. The number of carbonyl (C=O) groups is 1. The Balaban J connectivity index is 2.23. The minimum Gasteiger partial charge on any atom is -0.493 e. The van der Waals surface area contributed by atoms with Gasteiger partial charge in [0.25, 0.3) is 0 Å². The van der Waals surface area contributed by atoms with Gasteiger partial charge in [0.2, 0.25) is 4.87 Å². The van der Waals surface area contributed by atoms with Gasteiger partial charge in [-0.25, -0.2) is 0 Å². The molecule has 110 valence electrons. The quantitative estimate of drug-likeness (QED) is 0.772. The molecule has 20 heavy (non-hydrogen) atoms. The molecule has 1 aromatic rings. The van der Waals surface area contributed by atoms with E-state index in [1.165, 1.54) is 18.5 Å². The number of ether oxygens (including phenoxy) is 2. The average Bonchev–Trinajstić information content (AvgIpc) is 2.73. The molecular formula is C13H16ClNO4S. The predicted molar refractivity (Wildman–Crippen MR) is 77.5 cm³/mol. The molecular weight excluding hydrogens is 302 g/mol. The lowest BCUT2D eigenvalue weighted by molar-refractivity contribution is -0.122. The molecule has 2 atom stereocenters. The monoisotopic (exact) mass is 317 g/mol. The second-order valence-electron chi connectivity index (χ2n) is 4.42. The summed E-state index contributed by atoms with van der Waals surface area (Å²) in [5, 5.41) is 0. The van der Waals surface area contributed by atoms with Crippen molar-refractivity contribution < 1.29 is 18.5 Å². The van der Waals surface area contributed by atoms with Gasteiger partial charge in [-0.15, -0.1) is 0 Å². The first kappa shape index (κ1) is 15.3. The van der Waals surface area contributed by atoms with Gasteiger partial charge >= 0.3 is 0 Å². The maximum Gasteiger partial charge on any atom is 0.203 e. The van der Waals surface area contributed by atoms with Crippen molar-refractivity contribution in [2.24, 2.45) is 0 Å². The van der Waals surface area contributed by atoms with Gasteiger partial charge in [-0.2, -0.15) is 4.42 Å². The van der Waals surface area contributed by atoms with Crippen LogP contribution in [0.5, 0.6) is 11.5 Å². The highest BCUT2D eigenvalue weighted by molar-refractivity contribution is 7.87. The van der Waals surface area contributed by atoms with Crippen LogP contribution in [0.4, 0.5) is 0 Å². The maximum absolute atomic E-state index is 12.2. The zero-order valence-corrected chi connectivity index (χ0v) is 12.9. The summed E-state index contributed by atoms with van der Waals surface area (Å²) in [6, 6.07) is 7.08. The van der Waals surface area contributed by atoms with Crippen molar-refractivity contribution in [3.8, 4) is 11.5 Å². The molecule has 1 aliphatic heterocycles. The largest absolute Gasteiger partial charge is 0.493 e. The summed E-state index contributed by atoms with van der Waals surface area (Å²) in [7, 11) is 0.149. The zero-order valence-electron chi connectivity index (χ0n) is 11.3. The minimum absolute atomic E-state index is 0.0706. The molecule has 1 fully saturated rings. The second kappa shape index (κ2) is 6.11. The van der Waals surface area contributed by atoms with E-state index in [9.17, 15) is 9.00 Å². The third kappa shape index (κ3) is 2.55. The van der Waals surface area contributed by atoms with Crippen LogP contribution >= 0.6 is 11.8 Å². The number of methoxy groups -OCH3 is 1. The predicted octanol–water partition coefficient (Wildman–Crippen LogP) is 1.58. The second-order valence-corrected chi connectivity index (χ2v) is 6.60. The summed E-state index contributed by atoms with van der Waals surface area (Å²) in [6.45, 7) is 1.70. The third-order valence-electron chi connectivity index (χ3n) is 3.28. The lowest BCUT2D eigenvalue weighted by atomic mass is 10.2.